The lowest BCUT2D eigenvalue weighted by Crippen LogP contribution is -3.15. The van der Waals surface area contributed by atoms with E-state index in [2.05, 4.69) is 70.6 Å². The van der Waals surface area contributed by atoms with Gasteiger partial charge in [-0.3, -0.25) is 4.90 Å². The van der Waals surface area contributed by atoms with Crippen molar-refractivity contribution in [2.75, 3.05) is 11.9 Å². The van der Waals surface area contributed by atoms with Crippen LogP contribution in [0, 0.1) is 0 Å². The van der Waals surface area contributed by atoms with Crippen LogP contribution >= 0.6 is 15.9 Å². The summed E-state index contributed by atoms with van der Waals surface area (Å²) in [6.07, 6.45) is 14.5. The maximum atomic E-state index is 4.27. The van der Waals surface area contributed by atoms with Gasteiger partial charge >= 0.3 is 0 Å². The van der Waals surface area contributed by atoms with Gasteiger partial charge < -0.3 is 29.3 Å². The second kappa shape index (κ2) is 7.95. The number of rotatable bonds is 4. The lowest BCUT2D eigenvalue weighted by atomic mass is 9.97. The van der Waals surface area contributed by atoms with Crippen LogP contribution in [0.5, 0.6) is 0 Å². The first kappa shape index (κ1) is 17.4. The molecule has 0 spiro atoms. The minimum Gasteiger partial charge on any atom is -1.00 e. The van der Waals surface area contributed by atoms with Crippen molar-refractivity contribution < 1.29 is 28.9 Å². The molecular weight excluding hydrogens is 429 g/mol. The van der Waals surface area contributed by atoms with Crippen LogP contribution in [0.4, 0.5) is 5.82 Å². The second-order valence-corrected chi connectivity index (χ2v) is 5.63. The minimum atomic E-state index is -0.00807. The maximum absolute atomic E-state index is 4.27. The highest BCUT2D eigenvalue weighted by Crippen LogP contribution is 2.11. The predicted octanol–water partition coefficient (Wildman–Crippen LogP) is -0.479. The third kappa shape index (κ3) is 4.43. The van der Waals surface area contributed by atoms with Crippen molar-refractivity contribution in [1.82, 2.24) is 4.98 Å². The van der Waals surface area contributed by atoms with Gasteiger partial charge in [-0.1, -0.05) is 6.08 Å². The Balaban J connectivity index is 0.00000200. The molecule has 2 atom stereocenters. The number of quaternary nitrogens is 1. The van der Waals surface area contributed by atoms with E-state index >= 15 is 0 Å². The second-order valence-electron chi connectivity index (χ2n) is 4.72. The fourth-order valence-electron chi connectivity index (χ4n) is 2.14. The first-order valence-electron chi connectivity index (χ1n) is 6.42. The topological polar surface area (TPSA) is 29.4 Å². The summed E-state index contributed by atoms with van der Waals surface area (Å²) < 4.78 is 0.982. The van der Waals surface area contributed by atoms with Gasteiger partial charge in [-0.15, -0.1) is 0 Å². The number of allylic oxidation sites excluding steroid dienone is 2. The number of nitrogens with zero attached hydrogens (tertiary/aromatic N) is 1. The van der Waals surface area contributed by atoms with E-state index in [0.29, 0.717) is 0 Å². The standard InChI is InChI=1S/C15H18BrN3.HI/c1-3-19-11-5-4-8-15(19,2)9-10-17-14-7-6-13(16)12-18-14;/h4-12H,3H2,1-2H3,(H,17,18);1H. The van der Waals surface area contributed by atoms with Crippen molar-refractivity contribution in [3.63, 3.8) is 0 Å². The molecule has 108 valence electrons. The molecule has 2 N–H and O–H groups in total. The number of aromatic nitrogens is 1. The molecule has 0 saturated carbocycles. The number of halogens is 2. The van der Waals surface area contributed by atoms with Crippen LogP contribution in [0.15, 0.2) is 59.5 Å². The molecule has 1 aromatic rings. The zero-order chi connectivity index (χ0) is 13.7. The molecule has 1 aliphatic rings. The molecule has 0 amide bonds. The zero-order valence-corrected chi connectivity index (χ0v) is 15.3. The van der Waals surface area contributed by atoms with E-state index in [0.717, 1.165) is 16.8 Å². The van der Waals surface area contributed by atoms with E-state index in [4.69, 9.17) is 0 Å². The van der Waals surface area contributed by atoms with Crippen molar-refractivity contribution in [2.24, 2.45) is 0 Å². The van der Waals surface area contributed by atoms with Gasteiger partial charge in [0.05, 0.1) is 12.7 Å². The SMILES string of the molecule is CC[NH+]1C=CC=CC1(C)C=CNc1ccc(Br)cn1.[I-]. The van der Waals surface area contributed by atoms with Gasteiger partial charge in [-0.05, 0) is 60.1 Å². The third-order valence-electron chi connectivity index (χ3n) is 3.31. The van der Waals surface area contributed by atoms with Crippen LogP contribution in [0.25, 0.3) is 0 Å². The molecule has 0 aliphatic carbocycles. The first-order valence-corrected chi connectivity index (χ1v) is 7.21. The Hall–Kier alpha value is -0.660. The van der Waals surface area contributed by atoms with Crippen molar-refractivity contribution >= 4 is 21.7 Å². The first-order chi connectivity index (χ1) is 9.14. The third-order valence-corrected chi connectivity index (χ3v) is 3.78. The molecular formula is C15H19BrIN3. The predicted molar refractivity (Wildman–Crippen MR) is 82.9 cm³/mol. The molecule has 2 rings (SSSR count). The van der Waals surface area contributed by atoms with Crippen molar-refractivity contribution in [3.8, 4) is 0 Å². The summed E-state index contributed by atoms with van der Waals surface area (Å²) in [4.78, 5) is 5.69. The highest BCUT2D eigenvalue weighted by Gasteiger charge is 2.29. The molecule has 0 radical (unpaired) electrons. The number of pyridine rings is 1. The molecule has 5 heteroatoms. The van der Waals surface area contributed by atoms with E-state index in [9.17, 15) is 0 Å². The molecule has 0 bridgehead atoms. The highest BCUT2D eigenvalue weighted by molar-refractivity contribution is 9.10. The molecule has 1 aliphatic heterocycles. The van der Waals surface area contributed by atoms with Gasteiger partial charge in [-0.2, -0.15) is 0 Å². The molecule has 0 fully saturated rings. The normalized spacial score (nSPS) is 24.6. The monoisotopic (exact) mass is 447 g/mol. The van der Waals surface area contributed by atoms with Gasteiger partial charge in [0.25, 0.3) is 0 Å². The molecule has 0 saturated heterocycles. The highest BCUT2D eigenvalue weighted by atomic mass is 127. The Morgan fingerprint density at radius 1 is 1.40 bits per heavy atom. The van der Waals surface area contributed by atoms with Gasteiger partial charge in [-0.25, -0.2) is 4.98 Å². The molecule has 3 nitrogen and oxygen atoms in total. The largest absolute Gasteiger partial charge is 1.00 e. The van der Waals surface area contributed by atoms with Gasteiger partial charge in [0.15, 0.2) is 0 Å². The number of nitrogens with one attached hydrogen (secondary N) is 2. The van der Waals surface area contributed by atoms with Crippen LogP contribution in [0.3, 0.4) is 0 Å². The van der Waals surface area contributed by atoms with E-state index in [1.807, 2.05) is 18.3 Å². The molecule has 0 aromatic carbocycles. The van der Waals surface area contributed by atoms with Crippen LogP contribution in [-0.2, 0) is 0 Å². The Labute approximate surface area is 146 Å². The number of likely N-dealkylation sites (N-methyl/N-ethyl adjacent to an activating group) is 1. The van der Waals surface area contributed by atoms with Crippen molar-refractivity contribution in [2.45, 2.75) is 19.4 Å². The summed E-state index contributed by atoms with van der Waals surface area (Å²) in [5.74, 6) is 0.844. The number of anilines is 1. The number of hydrogen-bond acceptors (Lipinski definition) is 2. The fourth-order valence-corrected chi connectivity index (χ4v) is 2.37. The average molecular weight is 448 g/mol. The van der Waals surface area contributed by atoms with E-state index < -0.39 is 0 Å². The van der Waals surface area contributed by atoms with Crippen molar-refractivity contribution in [1.29, 1.82) is 0 Å². The van der Waals surface area contributed by atoms with Crippen LogP contribution in [0.2, 0.25) is 0 Å². The van der Waals surface area contributed by atoms with Gasteiger partial charge in [0.1, 0.15) is 11.4 Å². The average Bonchev–Trinajstić information content (AvgIpc) is 2.41. The van der Waals surface area contributed by atoms with Crippen molar-refractivity contribution in [3.05, 3.63) is 59.5 Å². The Bertz CT molecular complexity index is 510. The van der Waals surface area contributed by atoms with Crippen LogP contribution < -0.4 is 34.2 Å². The minimum absolute atomic E-state index is 0. The molecule has 1 aromatic heterocycles. The fraction of sp³-hybridized carbons (Fsp3) is 0.267. The summed E-state index contributed by atoms with van der Waals surface area (Å²) >= 11 is 3.37. The number of hydrogen-bond donors (Lipinski definition) is 2. The quantitative estimate of drug-likeness (QED) is 0.610. The molecule has 20 heavy (non-hydrogen) atoms. The lowest BCUT2D eigenvalue weighted by Gasteiger charge is -2.31. The van der Waals surface area contributed by atoms with E-state index in [1.54, 1.807) is 6.20 Å². The van der Waals surface area contributed by atoms with E-state index in [1.165, 1.54) is 4.90 Å². The van der Waals surface area contributed by atoms with Crippen LogP contribution in [-0.4, -0.2) is 17.1 Å². The lowest BCUT2D eigenvalue weighted by molar-refractivity contribution is -0.884. The van der Waals surface area contributed by atoms with E-state index in [-0.39, 0.29) is 29.5 Å². The smallest absolute Gasteiger partial charge is 0.138 e. The Morgan fingerprint density at radius 3 is 2.85 bits per heavy atom. The Kier molecular flexibility index (Phi) is 6.91. The summed E-state index contributed by atoms with van der Waals surface area (Å²) in [6.45, 7) is 5.46. The van der Waals surface area contributed by atoms with Gasteiger partial charge in [0, 0.05) is 16.9 Å². The summed E-state index contributed by atoms with van der Waals surface area (Å²) in [5.41, 5.74) is -0.00807. The summed E-state index contributed by atoms with van der Waals surface area (Å²) in [7, 11) is 0. The Morgan fingerprint density at radius 2 is 2.20 bits per heavy atom. The summed E-state index contributed by atoms with van der Waals surface area (Å²) in [5, 5.41) is 3.21. The summed E-state index contributed by atoms with van der Waals surface area (Å²) in [6, 6.07) is 3.91. The maximum Gasteiger partial charge on any atom is 0.138 e. The molecule has 2 heterocycles. The zero-order valence-electron chi connectivity index (χ0n) is 11.6. The molecule has 2 unspecified atom stereocenters. The van der Waals surface area contributed by atoms with Gasteiger partial charge in [0.2, 0.25) is 0 Å². The van der Waals surface area contributed by atoms with Crippen LogP contribution in [0.1, 0.15) is 13.8 Å².